The van der Waals surface area contributed by atoms with Crippen LogP contribution in [-0.4, -0.2) is 55.1 Å². The van der Waals surface area contributed by atoms with Gasteiger partial charge in [0.25, 0.3) is 0 Å². The molecule has 29 heavy (non-hydrogen) atoms. The summed E-state index contributed by atoms with van der Waals surface area (Å²) in [5.74, 6) is 1.23. The average molecular weight is 392 g/mol. The van der Waals surface area contributed by atoms with E-state index in [1.165, 1.54) is 0 Å². The predicted octanol–water partition coefficient (Wildman–Crippen LogP) is 2.51. The third-order valence-corrected chi connectivity index (χ3v) is 4.93. The van der Waals surface area contributed by atoms with E-state index in [0.717, 1.165) is 43.2 Å². The average Bonchev–Trinajstić information content (AvgIpc) is 3.41. The van der Waals surface area contributed by atoms with Gasteiger partial charge in [-0.3, -0.25) is 4.68 Å². The molecule has 0 atom stereocenters. The van der Waals surface area contributed by atoms with Crippen LogP contribution in [-0.2, 0) is 4.74 Å². The Bertz CT molecular complexity index is 1110. The maximum Gasteiger partial charge on any atom is 0.229 e. The monoisotopic (exact) mass is 392 g/mol. The van der Waals surface area contributed by atoms with Gasteiger partial charge in [0.15, 0.2) is 11.2 Å². The first-order valence-corrected chi connectivity index (χ1v) is 9.42. The summed E-state index contributed by atoms with van der Waals surface area (Å²) in [5.41, 5.74) is 2.90. The smallest absolute Gasteiger partial charge is 0.229 e. The standard InChI is InChI=1S/C19H20N8O2/c1-28-16-4-2-15(3-5-16)27-18-17(24-25-27)11-20-19(23-18)22-13-10-21-26(12-13)14-6-8-29-9-7-14/h2-5,10-12,14H,6-9H2,1H3,(H,20,22,23). The van der Waals surface area contributed by atoms with Crippen LogP contribution in [0.3, 0.4) is 0 Å². The molecule has 0 saturated carbocycles. The van der Waals surface area contributed by atoms with Gasteiger partial charge in [0.1, 0.15) is 5.75 Å². The lowest BCUT2D eigenvalue weighted by Crippen LogP contribution is -2.19. The normalized spacial score (nSPS) is 14.9. The van der Waals surface area contributed by atoms with Crippen LogP contribution in [0.5, 0.6) is 5.75 Å². The van der Waals surface area contributed by atoms with Crippen molar-refractivity contribution in [2.24, 2.45) is 0 Å². The van der Waals surface area contributed by atoms with Gasteiger partial charge >= 0.3 is 0 Å². The number of fused-ring (bicyclic) bond motifs is 1. The van der Waals surface area contributed by atoms with Crippen LogP contribution in [0.1, 0.15) is 18.9 Å². The van der Waals surface area contributed by atoms with Gasteiger partial charge < -0.3 is 14.8 Å². The molecule has 5 rings (SSSR count). The number of benzene rings is 1. The van der Waals surface area contributed by atoms with Crippen molar-refractivity contribution in [3.05, 3.63) is 42.9 Å². The minimum absolute atomic E-state index is 0.364. The highest BCUT2D eigenvalue weighted by atomic mass is 16.5. The lowest BCUT2D eigenvalue weighted by molar-refractivity contribution is 0.0662. The summed E-state index contributed by atoms with van der Waals surface area (Å²) >= 11 is 0. The fraction of sp³-hybridized carbons (Fsp3) is 0.316. The third-order valence-electron chi connectivity index (χ3n) is 4.93. The fourth-order valence-corrected chi connectivity index (χ4v) is 3.37. The molecule has 0 spiro atoms. The van der Waals surface area contributed by atoms with Crippen LogP contribution in [0.25, 0.3) is 16.9 Å². The first-order valence-electron chi connectivity index (χ1n) is 9.42. The van der Waals surface area contributed by atoms with Gasteiger partial charge in [0.05, 0.1) is 36.9 Å². The molecule has 1 N–H and O–H groups in total. The van der Waals surface area contributed by atoms with E-state index in [-0.39, 0.29) is 0 Å². The molecule has 1 aliphatic rings. The molecule has 1 fully saturated rings. The molecule has 1 saturated heterocycles. The Morgan fingerprint density at radius 2 is 1.97 bits per heavy atom. The van der Waals surface area contributed by atoms with Gasteiger partial charge in [0, 0.05) is 19.4 Å². The minimum Gasteiger partial charge on any atom is -0.497 e. The van der Waals surface area contributed by atoms with Crippen LogP contribution >= 0.6 is 0 Å². The molecule has 0 aliphatic carbocycles. The Hall–Kier alpha value is -3.53. The van der Waals surface area contributed by atoms with E-state index >= 15 is 0 Å². The number of hydrogen-bond acceptors (Lipinski definition) is 8. The van der Waals surface area contributed by atoms with Crippen molar-refractivity contribution in [3.63, 3.8) is 0 Å². The van der Waals surface area contributed by atoms with E-state index in [9.17, 15) is 0 Å². The first-order chi connectivity index (χ1) is 14.3. The van der Waals surface area contributed by atoms with Crippen molar-refractivity contribution in [2.45, 2.75) is 18.9 Å². The lowest BCUT2D eigenvalue weighted by Gasteiger charge is -2.22. The number of nitrogens with one attached hydrogen (secondary N) is 1. The van der Waals surface area contributed by atoms with Crippen molar-refractivity contribution in [1.82, 2.24) is 34.7 Å². The topological polar surface area (TPSA) is 105 Å². The van der Waals surface area contributed by atoms with E-state index in [2.05, 4.69) is 30.7 Å². The highest BCUT2D eigenvalue weighted by Crippen LogP contribution is 2.23. The van der Waals surface area contributed by atoms with Crippen molar-refractivity contribution in [1.29, 1.82) is 0 Å². The van der Waals surface area contributed by atoms with E-state index in [1.807, 2.05) is 35.1 Å². The Labute approximate surface area is 166 Å². The maximum atomic E-state index is 5.42. The summed E-state index contributed by atoms with van der Waals surface area (Å²) in [5, 5.41) is 16.0. The number of rotatable bonds is 5. The van der Waals surface area contributed by atoms with Gasteiger partial charge in [-0.05, 0) is 37.1 Å². The van der Waals surface area contributed by atoms with Gasteiger partial charge in [-0.2, -0.15) is 14.8 Å². The summed E-state index contributed by atoms with van der Waals surface area (Å²) < 4.78 is 14.3. The predicted molar refractivity (Wildman–Crippen MR) is 106 cm³/mol. The zero-order chi connectivity index (χ0) is 19.6. The Morgan fingerprint density at radius 3 is 2.76 bits per heavy atom. The molecule has 4 heterocycles. The molecule has 1 aliphatic heterocycles. The summed E-state index contributed by atoms with van der Waals surface area (Å²) in [6.07, 6.45) is 7.35. The van der Waals surface area contributed by atoms with Crippen LogP contribution < -0.4 is 10.1 Å². The van der Waals surface area contributed by atoms with Crippen molar-refractivity contribution >= 4 is 22.8 Å². The van der Waals surface area contributed by atoms with Crippen LogP contribution in [0, 0.1) is 0 Å². The van der Waals surface area contributed by atoms with Crippen molar-refractivity contribution in [3.8, 4) is 11.4 Å². The molecule has 0 amide bonds. The second-order valence-corrected chi connectivity index (χ2v) is 6.78. The first kappa shape index (κ1) is 17.6. The quantitative estimate of drug-likeness (QED) is 0.552. The summed E-state index contributed by atoms with van der Waals surface area (Å²) in [6, 6.07) is 7.91. The van der Waals surface area contributed by atoms with Crippen LogP contribution in [0.4, 0.5) is 11.6 Å². The Morgan fingerprint density at radius 1 is 1.14 bits per heavy atom. The molecule has 0 unspecified atom stereocenters. The number of ether oxygens (including phenoxy) is 2. The molecule has 148 valence electrons. The Balaban J connectivity index is 1.40. The van der Waals surface area contributed by atoms with E-state index < -0.39 is 0 Å². The van der Waals surface area contributed by atoms with Gasteiger partial charge in [-0.25, -0.2) is 4.98 Å². The van der Waals surface area contributed by atoms with Crippen LogP contribution in [0.2, 0.25) is 0 Å². The van der Waals surface area contributed by atoms with Gasteiger partial charge in [-0.15, -0.1) is 5.10 Å². The van der Waals surface area contributed by atoms with Crippen molar-refractivity contribution < 1.29 is 9.47 Å². The number of aromatic nitrogens is 7. The van der Waals surface area contributed by atoms with Gasteiger partial charge in [0.2, 0.25) is 5.95 Å². The lowest BCUT2D eigenvalue weighted by atomic mass is 10.1. The second kappa shape index (κ2) is 7.47. The van der Waals surface area contributed by atoms with Crippen molar-refractivity contribution in [2.75, 3.05) is 25.6 Å². The number of nitrogens with zero attached hydrogens (tertiary/aromatic N) is 7. The molecule has 0 radical (unpaired) electrons. The zero-order valence-corrected chi connectivity index (χ0v) is 15.9. The highest BCUT2D eigenvalue weighted by Gasteiger charge is 2.17. The largest absolute Gasteiger partial charge is 0.497 e. The summed E-state index contributed by atoms with van der Waals surface area (Å²) in [7, 11) is 1.63. The molecular weight excluding hydrogens is 372 g/mol. The number of methoxy groups -OCH3 is 1. The number of hydrogen-bond donors (Lipinski definition) is 1. The van der Waals surface area contributed by atoms with E-state index in [4.69, 9.17) is 9.47 Å². The zero-order valence-electron chi connectivity index (χ0n) is 15.9. The summed E-state index contributed by atoms with van der Waals surface area (Å²) in [6.45, 7) is 1.55. The molecule has 3 aromatic heterocycles. The van der Waals surface area contributed by atoms with Gasteiger partial charge in [-0.1, -0.05) is 5.21 Å². The van der Waals surface area contributed by atoms with E-state index in [0.29, 0.717) is 23.2 Å². The molecule has 4 aromatic rings. The molecule has 10 heteroatoms. The SMILES string of the molecule is COc1ccc(-n2nnc3cnc(Nc4cnn(C5CCOCC5)c4)nc32)cc1. The summed E-state index contributed by atoms with van der Waals surface area (Å²) in [4.78, 5) is 8.94. The molecule has 1 aromatic carbocycles. The minimum atomic E-state index is 0.364. The van der Waals surface area contributed by atoms with Crippen LogP contribution in [0.15, 0.2) is 42.9 Å². The maximum absolute atomic E-state index is 5.42. The highest BCUT2D eigenvalue weighted by molar-refractivity contribution is 5.72. The molecular formula is C19H20N8O2. The fourth-order valence-electron chi connectivity index (χ4n) is 3.37. The third kappa shape index (κ3) is 3.49. The second-order valence-electron chi connectivity index (χ2n) is 6.78. The molecule has 10 nitrogen and oxygen atoms in total. The molecule has 0 bridgehead atoms. The number of anilines is 2. The Kier molecular flexibility index (Phi) is 4.53. The van der Waals surface area contributed by atoms with E-state index in [1.54, 1.807) is 24.2 Å².